The summed E-state index contributed by atoms with van der Waals surface area (Å²) in [4.78, 5) is 0. The van der Waals surface area contributed by atoms with Crippen LogP contribution in [0.1, 0.15) is 103 Å². The quantitative estimate of drug-likeness (QED) is 0.188. The Morgan fingerprint density at radius 1 is 0.625 bits per heavy atom. The van der Waals surface area contributed by atoms with E-state index in [-0.39, 0.29) is 28.4 Å². The molecule has 3 aliphatic rings. The van der Waals surface area contributed by atoms with Crippen molar-refractivity contribution in [3.05, 3.63) is 100 Å². The lowest BCUT2D eigenvalue weighted by Gasteiger charge is -2.45. The zero-order valence-corrected chi connectivity index (χ0v) is 25.8. The molecule has 0 saturated heterocycles. The molecule has 0 saturated carbocycles. The van der Waals surface area contributed by atoms with Crippen LogP contribution < -0.4 is 21.1 Å². The Morgan fingerprint density at radius 2 is 1.30 bits per heavy atom. The highest BCUT2D eigenvalue weighted by molar-refractivity contribution is 6.98. The minimum Gasteiger partial charge on any atom is -0.458 e. The average Bonchev–Trinajstić information content (AvgIpc) is 3.11. The van der Waals surface area contributed by atoms with E-state index in [1.54, 1.807) is 0 Å². The third-order valence-corrected chi connectivity index (χ3v) is 10.1. The zero-order valence-electron chi connectivity index (χ0n) is 25.8. The van der Waals surface area contributed by atoms with Crippen LogP contribution in [-0.4, -0.2) is 6.71 Å². The third kappa shape index (κ3) is 3.23. The Hall–Kier alpha value is -3.26. The van der Waals surface area contributed by atoms with E-state index in [1.165, 1.54) is 60.9 Å². The van der Waals surface area contributed by atoms with Gasteiger partial charge in [-0.05, 0) is 78.4 Å². The van der Waals surface area contributed by atoms with Crippen LogP contribution in [0.2, 0.25) is 0 Å². The SMILES string of the molecule is CC(C)(C)c1ccc2c(c1)B1c3c(ccc4c3-c3ccccc3C4(C)C)C(C)(C)c3c(C(C)(C)C)ccc(c31)O2. The van der Waals surface area contributed by atoms with E-state index >= 15 is 0 Å². The van der Waals surface area contributed by atoms with E-state index in [2.05, 4.69) is 136 Å². The van der Waals surface area contributed by atoms with Crippen LogP contribution in [0, 0.1) is 0 Å². The van der Waals surface area contributed by atoms with Crippen molar-refractivity contribution in [2.45, 2.75) is 90.9 Å². The number of ether oxygens (including phenoxy) is 1. The van der Waals surface area contributed by atoms with E-state index in [0.717, 1.165) is 11.5 Å². The van der Waals surface area contributed by atoms with Gasteiger partial charge in [-0.15, -0.1) is 0 Å². The lowest BCUT2D eigenvalue weighted by atomic mass is 9.29. The molecule has 0 amide bonds. The molecule has 0 unspecified atom stereocenters. The maximum Gasteiger partial charge on any atom is 0.252 e. The molecule has 2 aliphatic heterocycles. The largest absolute Gasteiger partial charge is 0.458 e. The minimum atomic E-state index is -0.168. The summed E-state index contributed by atoms with van der Waals surface area (Å²) in [6, 6.07) is 25.5. The predicted octanol–water partition coefficient (Wildman–Crippen LogP) is 7.85. The average molecular weight is 525 g/mol. The predicted molar refractivity (Wildman–Crippen MR) is 171 cm³/mol. The summed E-state index contributed by atoms with van der Waals surface area (Å²) >= 11 is 0. The Bertz CT molecular complexity index is 1740. The fraction of sp³-hybridized carbons (Fsp3) is 0.368. The summed E-state index contributed by atoms with van der Waals surface area (Å²) < 4.78 is 6.80. The molecule has 0 bridgehead atoms. The van der Waals surface area contributed by atoms with Gasteiger partial charge in [0.2, 0.25) is 0 Å². The van der Waals surface area contributed by atoms with Gasteiger partial charge in [-0.1, -0.05) is 129 Å². The Balaban J connectivity index is 1.66. The third-order valence-electron chi connectivity index (χ3n) is 10.1. The monoisotopic (exact) mass is 524 g/mol. The van der Waals surface area contributed by atoms with E-state index in [4.69, 9.17) is 4.74 Å². The van der Waals surface area contributed by atoms with Gasteiger partial charge in [0.15, 0.2) is 0 Å². The maximum atomic E-state index is 6.80. The molecule has 0 radical (unpaired) electrons. The number of fused-ring (bicyclic) bond motifs is 8. The summed E-state index contributed by atoms with van der Waals surface area (Å²) in [7, 11) is 0. The van der Waals surface area contributed by atoms with Gasteiger partial charge in [0, 0.05) is 10.8 Å². The van der Waals surface area contributed by atoms with Crippen LogP contribution >= 0.6 is 0 Å². The molecule has 0 aromatic heterocycles. The number of hydrogen-bond acceptors (Lipinski definition) is 1. The van der Waals surface area contributed by atoms with Gasteiger partial charge in [-0.3, -0.25) is 0 Å². The molecule has 0 N–H and O–H groups in total. The van der Waals surface area contributed by atoms with Gasteiger partial charge < -0.3 is 4.74 Å². The summed E-state index contributed by atoms with van der Waals surface area (Å²) in [6.45, 7) is 23.8. The molecule has 2 heteroatoms. The maximum absolute atomic E-state index is 6.80. The second-order valence-corrected chi connectivity index (χ2v) is 15.4. The standard InChI is InChI=1S/C38H41BO/c1-35(2,3)22-15-19-29-28(21-22)39-33-27(17-16-25-31(33)23-13-11-12-14-24(23)37(25,7)8)38(9,10)32-26(36(4,5)6)18-20-30(40-29)34(32)39/h11-21H,1-10H3. The minimum absolute atomic E-state index is 0.0164. The van der Waals surface area contributed by atoms with Crippen molar-refractivity contribution in [1.82, 2.24) is 0 Å². The smallest absolute Gasteiger partial charge is 0.252 e. The molecule has 2 heterocycles. The normalized spacial score (nSPS) is 17.3. The summed E-state index contributed by atoms with van der Waals surface area (Å²) in [6.07, 6.45) is 0. The van der Waals surface area contributed by atoms with Crippen LogP contribution in [0.5, 0.6) is 11.5 Å². The van der Waals surface area contributed by atoms with E-state index in [0.29, 0.717) is 0 Å². The molecule has 1 nitrogen and oxygen atoms in total. The number of hydrogen-bond donors (Lipinski definition) is 0. The zero-order chi connectivity index (χ0) is 28.6. The summed E-state index contributed by atoms with van der Waals surface area (Å²) in [5, 5.41) is 0. The molecule has 0 fully saturated rings. The summed E-state index contributed by atoms with van der Waals surface area (Å²) in [5.41, 5.74) is 15.4. The molecule has 7 rings (SSSR count). The Morgan fingerprint density at radius 3 is 2.00 bits per heavy atom. The van der Waals surface area contributed by atoms with Gasteiger partial charge in [-0.25, -0.2) is 0 Å². The molecule has 0 atom stereocenters. The molecule has 4 aromatic rings. The molecule has 202 valence electrons. The molecule has 0 spiro atoms. The van der Waals surface area contributed by atoms with Crippen molar-refractivity contribution >= 4 is 23.1 Å². The van der Waals surface area contributed by atoms with E-state index in [1.807, 2.05) is 0 Å². The van der Waals surface area contributed by atoms with Crippen molar-refractivity contribution in [3.63, 3.8) is 0 Å². The van der Waals surface area contributed by atoms with Crippen LogP contribution in [0.15, 0.2) is 66.7 Å². The van der Waals surface area contributed by atoms with E-state index < -0.39 is 0 Å². The molecular formula is C38H41BO. The highest BCUT2D eigenvalue weighted by Crippen LogP contribution is 2.51. The van der Waals surface area contributed by atoms with Gasteiger partial charge in [0.25, 0.3) is 6.71 Å². The van der Waals surface area contributed by atoms with Crippen LogP contribution in [0.25, 0.3) is 11.1 Å². The van der Waals surface area contributed by atoms with Crippen molar-refractivity contribution in [2.24, 2.45) is 0 Å². The first-order chi connectivity index (χ1) is 18.6. The lowest BCUT2D eigenvalue weighted by Crippen LogP contribution is -2.63. The molecular weight excluding hydrogens is 483 g/mol. The number of benzene rings is 4. The Labute approximate surface area is 241 Å². The number of rotatable bonds is 0. The van der Waals surface area contributed by atoms with Gasteiger partial charge in [0.1, 0.15) is 11.5 Å². The van der Waals surface area contributed by atoms with Gasteiger partial charge >= 0.3 is 0 Å². The summed E-state index contributed by atoms with van der Waals surface area (Å²) in [5.74, 6) is 2.01. The second-order valence-electron chi connectivity index (χ2n) is 15.4. The Kier molecular flexibility index (Phi) is 4.96. The highest BCUT2D eigenvalue weighted by Gasteiger charge is 2.50. The first-order valence-corrected chi connectivity index (χ1v) is 14.9. The van der Waals surface area contributed by atoms with Crippen LogP contribution in [0.3, 0.4) is 0 Å². The fourth-order valence-corrected chi connectivity index (χ4v) is 7.98. The van der Waals surface area contributed by atoms with E-state index in [9.17, 15) is 0 Å². The van der Waals surface area contributed by atoms with Crippen molar-refractivity contribution in [2.75, 3.05) is 0 Å². The van der Waals surface area contributed by atoms with Crippen LogP contribution in [-0.2, 0) is 21.7 Å². The van der Waals surface area contributed by atoms with Crippen molar-refractivity contribution < 1.29 is 4.74 Å². The van der Waals surface area contributed by atoms with Crippen molar-refractivity contribution in [1.29, 1.82) is 0 Å². The molecule has 40 heavy (non-hydrogen) atoms. The first kappa shape index (κ1) is 25.7. The van der Waals surface area contributed by atoms with Gasteiger partial charge in [-0.2, -0.15) is 0 Å². The topological polar surface area (TPSA) is 9.23 Å². The highest BCUT2D eigenvalue weighted by atomic mass is 16.5. The molecule has 1 aliphatic carbocycles. The second kappa shape index (κ2) is 7.72. The molecule has 4 aromatic carbocycles. The fourth-order valence-electron chi connectivity index (χ4n) is 7.98. The lowest BCUT2D eigenvalue weighted by molar-refractivity contribution is 0.479. The first-order valence-electron chi connectivity index (χ1n) is 14.9. The van der Waals surface area contributed by atoms with Crippen LogP contribution in [0.4, 0.5) is 0 Å². The van der Waals surface area contributed by atoms with Crippen molar-refractivity contribution in [3.8, 4) is 22.6 Å². The van der Waals surface area contributed by atoms with Gasteiger partial charge in [0.05, 0.1) is 0 Å².